The van der Waals surface area contributed by atoms with Crippen LogP contribution in [0.15, 0.2) is 53.7 Å². The number of carbonyl (C=O) groups excluding carboxylic acids is 1. The number of morpholine rings is 1. The fraction of sp³-hybridized carbons (Fsp3) is 0.364. The van der Waals surface area contributed by atoms with Crippen LogP contribution in [-0.4, -0.2) is 78.2 Å². The van der Waals surface area contributed by atoms with Gasteiger partial charge in [0.05, 0.1) is 35.2 Å². The molecule has 4 rings (SSSR count). The second-order valence-corrected chi connectivity index (χ2v) is 9.56. The summed E-state index contributed by atoms with van der Waals surface area (Å²) in [5, 5.41) is 14.0. The number of benzene rings is 2. The third-order valence-electron chi connectivity index (χ3n) is 5.65. The standard InChI is InChI=1S/C22H27N7O4S/c1-3-27(4-2)21-9-8-19(34(31,32)28-10-12-33-13-11-28)15-20(21)24-22(30)17-6-5-7-18(14-17)29-16-23-25-26-29/h5-9,14-16H,3-4,10-13H2,1-2H3,(H,24,30). The van der Waals surface area contributed by atoms with E-state index in [2.05, 4.69) is 25.7 Å². The Bertz CT molecular complexity index is 1240. The molecule has 1 saturated heterocycles. The van der Waals surface area contributed by atoms with E-state index in [0.29, 0.717) is 56.3 Å². The summed E-state index contributed by atoms with van der Waals surface area (Å²) in [4.78, 5) is 15.4. The summed E-state index contributed by atoms with van der Waals surface area (Å²) in [6.07, 6.45) is 1.44. The monoisotopic (exact) mass is 485 g/mol. The molecule has 0 radical (unpaired) electrons. The van der Waals surface area contributed by atoms with Crippen molar-refractivity contribution in [1.29, 1.82) is 0 Å². The molecule has 0 atom stereocenters. The van der Waals surface area contributed by atoms with Crippen molar-refractivity contribution < 1.29 is 17.9 Å². The van der Waals surface area contributed by atoms with Crippen LogP contribution in [0.2, 0.25) is 0 Å². The van der Waals surface area contributed by atoms with Crippen molar-refractivity contribution in [2.75, 3.05) is 49.6 Å². The van der Waals surface area contributed by atoms with Crippen LogP contribution in [-0.2, 0) is 14.8 Å². The third-order valence-corrected chi connectivity index (χ3v) is 7.54. The van der Waals surface area contributed by atoms with Crippen LogP contribution in [0.3, 0.4) is 0 Å². The van der Waals surface area contributed by atoms with Crippen molar-refractivity contribution in [2.45, 2.75) is 18.7 Å². The zero-order valence-corrected chi connectivity index (χ0v) is 19.9. The van der Waals surface area contributed by atoms with Crippen LogP contribution in [0, 0.1) is 0 Å². The maximum Gasteiger partial charge on any atom is 0.255 e. The van der Waals surface area contributed by atoms with Crippen LogP contribution in [0.1, 0.15) is 24.2 Å². The lowest BCUT2D eigenvalue weighted by molar-refractivity contribution is 0.0730. The first-order valence-electron chi connectivity index (χ1n) is 11.1. The summed E-state index contributed by atoms with van der Waals surface area (Å²) in [5.41, 5.74) is 2.19. The Hall–Kier alpha value is -3.35. The van der Waals surface area contributed by atoms with Crippen molar-refractivity contribution >= 4 is 27.3 Å². The zero-order valence-electron chi connectivity index (χ0n) is 19.1. The number of carbonyl (C=O) groups is 1. The highest BCUT2D eigenvalue weighted by Gasteiger charge is 2.27. The fourth-order valence-corrected chi connectivity index (χ4v) is 5.25. The molecule has 1 amide bonds. The lowest BCUT2D eigenvalue weighted by Gasteiger charge is -2.28. The highest BCUT2D eigenvalue weighted by Crippen LogP contribution is 2.31. The third kappa shape index (κ3) is 4.93. The van der Waals surface area contributed by atoms with Crippen molar-refractivity contribution in [3.63, 3.8) is 0 Å². The molecular weight excluding hydrogens is 458 g/mol. The van der Waals surface area contributed by atoms with Crippen LogP contribution in [0.4, 0.5) is 11.4 Å². The normalized spacial score (nSPS) is 14.6. The Labute approximate surface area is 198 Å². The van der Waals surface area contributed by atoms with Gasteiger partial charge in [-0.05, 0) is 60.7 Å². The number of ether oxygens (including phenoxy) is 1. The topological polar surface area (TPSA) is 123 Å². The molecule has 1 aliphatic rings. The molecule has 34 heavy (non-hydrogen) atoms. The van der Waals surface area contributed by atoms with Crippen LogP contribution in [0.25, 0.3) is 5.69 Å². The molecule has 2 aromatic carbocycles. The molecule has 0 saturated carbocycles. The molecule has 1 N–H and O–H groups in total. The van der Waals surface area contributed by atoms with Gasteiger partial charge in [-0.1, -0.05) is 6.07 Å². The number of tetrazole rings is 1. The van der Waals surface area contributed by atoms with Crippen molar-refractivity contribution in [2.24, 2.45) is 0 Å². The Kier molecular flexibility index (Phi) is 7.20. The van der Waals surface area contributed by atoms with E-state index in [1.807, 2.05) is 13.8 Å². The number of rotatable bonds is 8. The molecule has 1 aliphatic heterocycles. The highest BCUT2D eigenvalue weighted by molar-refractivity contribution is 7.89. The van der Waals surface area contributed by atoms with Gasteiger partial charge >= 0.3 is 0 Å². The molecule has 12 heteroatoms. The molecule has 3 aromatic rings. The summed E-state index contributed by atoms with van der Waals surface area (Å²) < 4.78 is 34.6. The number of nitrogens with one attached hydrogen (secondary N) is 1. The second-order valence-electron chi connectivity index (χ2n) is 7.63. The molecule has 0 spiro atoms. The van der Waals surface area contributed by atoms with Gasteiger partial charge in [0, 0.05) is 31.7 Å². The summed E-state index contributed by atoms with van der Waals surface area (Å²) in [7, 11) is -3.72. The Morgan fingerprint density at radius 1 is 1.12 bits per heavy atom. The lowest BCUT2D eigenvalue weighted by atomic mass is 10.1. The van der Waals surface area contributed by atoms with Gasteiger partial charge in [0.2, 0.25) is 10.0 Å². The Balaban J connectivity index is 1.68. The smallest absolute Gasteiger partial charge is 0.255 e. The van der Waals surface area contributed by atoms with Gasteiger partial charge in [0.25, 0.3) is 5.91 Å². The first-order valence-corrected chi connectivity index (χ1v) is 12.5. The van der Waals surface area contributed by atoms with Crippen LogP contribution < -0.4 is 10.2 Å². The van der Waals surface area contributed by atoms with E-state index < -0.39 is 10.0 Å². The Morgan fingerprint density at radius 3 is 2.56 bits per heavy atom. The average molecular weight is 486 g/mol. The fourth-order valence-electron chi connectivity index (χ4n) is 3.82. The van der Waals surface area contributed by atoms with E-state index in [-0.39, 0.29) is 10.8 Å². The van der Waals surface area contributed by atoms with Gasteiger partial charge in [-0.2, -0.15) is 4.31 Å². The van der Waals surface area contributed by atoms with E-state index in [0.717, 1.165) is 5.69 Å². The first-order chi connectivity index (χ1) is 16.4. The van der Waals surface area contributed by atoms with Gasteiger partial charge < -0.3 is 15.0 Å². The minimum Gasteiger partial charge on any atom is -0.379 e. The number of aromatic nitrogens is 4. The summed E-state index contributed by atoms with van der Waals surface area (Å²) in [5.74, 6) is -0.371. The van der Waals surface area contributed by atoms with Crippen molar-refractivity contribution in [3.8, 4) is 5.69 Å². The molecule has 180 valence electrons. The molecule has 11 nitrogen and oxygen atoms in total. The predicted octanol–water partition coefficient (Wildman–Crippen LogP) is 1.78. The van der Waals surface area contributed by atoms with Gasteiger partial charge in [0.15, 0.2) is 0 Å². The van der Waals surface area contributed by atoms with Gasteiger partial charge in [-0.25, -0.2) is 13.1 Å². The van der Waals surface area contributed by atoms with E-state index in [1.54, 1.807) is 36.4 Å². The van der Waals surface area contributed by atoms with Crippen molar-refractivity contribution in [3.05, 3.63) is 54.4 Å². The number of anilines is 2. The summed E-state index contributed by atoms with van der Waals surface area (Å²) in [6.45, 7) is 6.72. The first kappa shape index (κ1) is 23.8. The van der Waals surface area contributed by atoms with E-state index in [1.165, 1.54) is 21.4 Å². The molecule has 0 aliphatic carbocycles. The van der Waals surface area contributed by atoms with E-state index in [4.69, 9.17) is 4.74 Å². The summed E-state index contributed by atoms with van der Waals surface area (Å²) in [6, 6.07) is 11.7. The van der Waals surface area contributed by atoms with Gasteiger partial charge in [-0.3, -0.25) is 4.79 Å². The molecule has 0 bridgehead atoms. The average Bonchev–Trinajstić information content (AvgIpc) is 3.41. The minimum absolute atomic E-state index is 0.128. The SMILES string of the molecule is CCN(CC)c1ccc(S(=O)(=O)N2CCOCC2)cc1NC(=O)c1cccc(-n2cnnn2)c1. The number of hydrogen-bond donors (Lipinski definition) is 1. The highest BCUT2D eigenvalue weighted by atomic mass is 32.2. The molecule has 1 fully saturated rings. The molecular formula is C22H27N7O4S. The maximum atomic E-state index is 13.2. The van der Waals surface area contributed by atoms with Gasteiger partial charge in [-0.15, -0.1) is 5.10 Å². The number of amides is 1. The molecule has 1 aromatic heterocycles. The van der Waals surface area contributed by atoms with Crippen molar-refractivity contribution in [1.82, 2.24) is 24.5 Å². The Morgan fingerprint density at radius 2 is 1.88 bits per heavy atom. The van der Waals surface area contributed by atoms with Crippen LogP contribution >= 0.6 is 0 Å². The summed E-state index contributed by atoms with van der Waals surface area (Å²) >= 11 is 0. The second kappa shape index (κ2) is 10.3. The minimum atomic E-state index is -3.72. The predicted molar refractivity (Wildman–Crippen MR) is 127 cm³/mol. The maximum absolute atomic E-state index is 13.2. The number of hydrogen-bond acceptors (Lipinski definition) is 8. The zero-order chi connectivity index (χ0) is 24.1. The van der Waals surface area contributed by atoms with E-state index >= 15 is 0 Å². The molecule has 0 unspecified atom stereocenters. The number of nitrogens with zero attached hydrogens (tertiary/aromatic N) is 6. The lowest BCUT2D eigenvalue weighted by Crippen LogP contribution is -2.40. The largest absolute Gasteiger partial charge is 0.379 e. The number of sulfonamides is 1. The van der Waals surface area contributed by atoms with Crippen LogP contribution in [0.5, 0.6) is 0 Å². The molecule has 2 heterocycles. The van der Waals surface area contributed by atoms with Gasteiger partial charge in [0.1, 0.15) is 6.33 Å². The quantitative estimate of drug-likeness (QED) is 0.512. The van der Waals surface area contributed by atoms with E-state index in [9.17, 15) is 13.2 Å².